The predicted molar refractivity (Wildman–Crippen MR) is 122 cm³/mol. The number of nitrogens with one attached hydrogen (secondary N) is 2. The van der Waals surface area contributed by atoms with Gasteiger partial charge in [0.05, 0.1) is 31.1 Å². The van der Waals surface area contributed by atoms with E-state index in [1.165, 1.54) is 30.3 Å². The van der Waals surface area contributed by atoms with Gasteiger partial charge in [0, 0.05) is 34.5 Å². The Morgan fingerprint density at radius 2 is 1.69 bits per heavy atom. The number of fused-ring (bicyclic) bond motifs is 2. The van der Waals surface area contributed by atoms with Crippen LogP contribution < -0.4 is 15.4 Å². The maximum absolute atomic E-state index is 14.0. The number of hydrogen-bond acceptors (Lipinski definition) is 7. The third-order valence-electron chi connectivity index (χ3n) is 5.72. The van der Waals surface area contributed by atoms with E-state index >= 15 is 0 Å². The van der Waals surface area contributed by atoms with Crippen molar-refractivity contribution >= 4 is 23.1 Å². The van der Waals surface area contributed by atoms with Gasteiger partial charge in [-0.3, -0.25) is 9.59 Å². The lowest BCUT2D eigenvalue weighted by Crippen LogP contribution is -2.57. The van der Waals surface area contributed by atoms with E-state index in [0.717, 1.165) is 12.1 Å². The minimum absolute atomic E-state index is 0.0260. The van der Waals surface area contributed by atoms with E-state index in [2.05, 4.69) is 10.6 Å². The third-order valence-corrected chi connectivity index (χ3v) is 5.72. The molecule has 182 valence electrons. The van der Waals surface area contributed by atoms with Crippen LogP contribution >= 0.6 is 0 Å². The Bertz CT molecular complexity index is 1280. The van der Waals surface area contributed by atoms with E-state index in [9.17, 15) is 33.7 Å². The van der Waals surface area contributed by atoms with Crippen LogP contribution in [0.2, 0.25) is 0 Å². The average Bonchev–Trinajstić information content (AvgIpc) is 3.00. The van der Waals surface area contributed by atoms with Gasteiger partial charge in [-0.25, -0.2) is 8.78 Å². The summed E-state index contributed by atoms with van der Waals surface area (Å²) in [7, 11) is 0. The summed E-state index contributed by atoms with van der Waals surface area (Å²) in [5.41, 5.74) is -0.0794. The normalized spacial score (nSPS) is 12.8. The molecule has 0 radical (unpaired) electrons. The number of carbonyl (C=O) groups excluding carboxylic acids is 2. The smallest absolute Gasteiger partial charge is 0.251 e. The molecule has 5 N–H and O–H groups in total. The molecule has 1 aliphatic rings. The number of amides is 1. The highest BCUT2D eigenvalue weighted by Gasteiger charge is 2.31. The Balaban J connectivity index is 1.61. The largest absolute Gasteiger partial charge is 0.488 e. The van der Waals surface area contributed by atoms with E-state index in [-0.39, 0.29) is 34.7 Å². The Morgan fingerprint density at radius 3 is 2.37 bits per heavy atom. The number of halogens is 2. The predicted octanol–water partition coefficient (Wildman–Crippen LogP) is 2.28. The second kappa shape index (κ2) is 9.79. The quantitative estimate of drug-likeness (QED) is 0.348. The van der Waals surface area contributed by atoms with Crippen molar-refractivity contribution in [2.24, 2.45) is 0 Å². The molecule has 0 spiro atoms. The lowest BCUT2D eigenvalue weighted by atomic mass is 9.96. The molecule has 0 atom stereocenters. The molecular weight excluding hydrogens is 462 g/mol. The van der Waals surface area contributed by atoms with Gasteiger partial charge < -0.3 is 30.7 Å². The first-order valence-corrected chi connectivity index (χ1v) is 10.6. The first-order valence-electron chi connectivity index (χ1n) is 10.6. The molecule has 0 saturated heterocycles. The van der Waals surface area contributed by atoms with Crippen LogP contribution in [0.4, 0.5) is 20.2 Å². The number of carbonyl (C=O) groups is 2. The van der Waals surface area contributed by atoms with Crippen LogP contribution in [-0.4, -0.2) is 52.4 Å². The zero-order valence-corrected chi connectivity index (χ0v) is 18.3. The minimum Gasteiger partial charge on any atom is -0.488 e. The molecule has 0 aromatic heterocycles. The molecular formula is C25H22F2N2O6. The monoisotopic (exact) mass is 484 g/mol. The van der Waals surface area contributed by atoms with E-state index in [1.807, 2.05) is 0 Å². The fourth-order valence-electron chi connectivity index (χ4n) is 3.59. The van der Waals surface area contributed by atoms with Crippen molar-refractivity contribution in [3.8, 4) is 5.75 Å². The van der Waals surface area contributed by atoms with Crippen molar-refractivity contribution in [1.29, 1.82) is 0 Å². The number of aliphatic hydroxyl groups excluding tert-OH is 3. The molecule has 1 aliphatic heterocycles. The lowest BCUT2D eigenvalue weighted by molar-refractivity contribution is 0.0375. The Morgan fingerprint density at radius 1 is 0.943 bits per heavy atom. The topological polar surface area (TPSA) is 128 Å². The number of aliphatic hydroxyl groups is 3. The maximum atomic E-state index is 14.0. The van der Waals surface area contributed by atoms with Crippen molar-refractivity contribution < 1.29 is 38.4 Å². The SMILES string of the molecule is O=C(NC(CO)(CO)CO)c1ccc2c(c1)C(=O)c1ccc(Nc3ccc(F)cc3F)cc1OC2. The van der Waals surface area contributed by atoms with E-state index in [1.54, 1.807) is 12.1 Å². The number of rotatable bonds is 7. The van der Waals surface area contributed by atoms with Crippen molar-refractivity contribution in [2.75, 3.05) is 25.1 Å². The van der Waals surface area contributed by atoms with Crippen LogP contribution in [0.25, 0.3) is 0 Å². The highest BCUT2D eigenvalue weighted by atomic mass is 19.1. The molecule has 10 heteroatoms. The van der Waals surface area contributed by atoms with Gasteiger partial charge in [-0.1, -0.05) is 6.07 Å². The second-order valence-electron chi connectivity index (χ2n) is 8.16. The van der Waals surface area contributed by atoms with Crippen LogP contribution in [0.3, 0.4) is 0 Å². The fourth-order valence-corrected chi connectivity index (χ4v) is 3.59. The van der Waals surface area contributed by atoms with Crippen LogP contribution in [0.5, 0.6) is 5.75 Å². The Kier molecular flexibility index (Phi) is 6.79. The highest BCUT2D eigenvalue weighted by Crippen LogP contribution is 2.33. The van der Waals surface area contributed by atoms with Gasteiger partial charge in [-0.2, -0.15) is 0 Å². The fraction of sp³-hybridized carbons (Fsp3) is 0.200. The van der Waals surface area contributed by atoms with Gasteiger partial charge in [0.25, 0.3) is 5.91 Å². The van der Waals surface area contributed by atoms with E-state index < -0.39 is 48.7 Å². The molecule has 3 aromatic rings. The van der Waals surface area contributed by atoms with E-state index in [4.69, 9.17) is 4.74 Å². The molecule has 3 aromatic carbocycles. The lowest BCUT2D eigenvalue weighted by Gasteiger charge is -2.28. The number of hydrogen-bond donors (Lipinski definition) is 5. The average molecular weight is 484 g/mol. The Labute approximate surface area is 198 Å². The summed E-state index contributed by atoms with van der Waals surface area (Å²) in [6.45, 7) is -2.03. The molecule has 0 aliphatic carbocycles. The first-order chi connectivity index (χ1) is 16.8. The van der Waals surface area contributed by atoms with Crippen molar-refractivity contribution in [1.82, 2.24) is 5.32 Å². The summed E-state index contributed by atoms with van der Waals surface area (Å²) < 4.78 is 32.9. The molecule has 1 heterocycles. The molecule has 0 bridgehead atoms. The van der Waals surface area contributed by atoms with Crippen LogP contribution in [-0.2, 0) is 6.61 Å². The molecule has 35 heavy (non-hydrogen) atoms. The van der Waals surface area contributed by atoms with Crippen LogP contribution in [0.15, 0.2) is 54.6 Å². The van der Waals surface area contributed by atoms with Gasteiger partial charge >= 0.3 is 0 Å². The molecule has 4 rings (SSSR count). The third kappa shape index (κ3) is 4.85. The molecule has 1 amide bonds. The molecule has 8 nitrogen and oxygen atoms in total. The van der Waals surface area contributed by atoms with Crippen molar-refractivity contribution in [3.63, 3.8) is 0 Å². The maximum Gasteiger partial charge on any atom is 0.251 e. The number of ether oxygens (including phenoxy) is 1. The molecule has 0 saturated carbocycles. The number of anilines is 2. The summed E-state index contributed by atoms with van der Waals surface area (Å²) in [4.78, 5) is 25.9. The van der Waals surface area contributed by atoms with Crippen molar-refractivity contribution in [2.45, 2.75) is 12.1 Å². The number of ketones is 1. The second-order valence-corrected chi connectivity index (χ2v) is 8.16. The van der Waals surface area contributed by atoms with Gasteiger partial charge in [0.15, 0.2) is 5.78 Å². The van der Waals surface area contributed by atoms with Gasteiger partial charge in [-0.15, -0.1) is 0 Å². The first kappa shape index (κ1) is 24.3. The van der Waals surface area contributed by atoms with Gasteiger partial charge in [0.1, 0.15) is 29.5 Å². The summed E-state index contributed by atoms with van der Waals surface area (Å²) in [5, 5.41) is 33.6. The van der Waals surface area contributed by atoms with Gasteiger partial charge in [0.2, 0.25) is 0 Å². The van der Waals surface area contributed by atoms with Crippen LogP contribution in [0, 0.1) is 11.6 Å². The number of benzene rings is 3. The van der Waals surface area contributed by atoms with Gasteiger partial charge in [-0.05, 0) is 36.4 Å². The van der Waals surface area contributed by atoms with E-state index in [0.29, 0.717) is 11.3 Å². The Hall–Kier alpha value is -3.86. The summed E-state index contributed by atoms with van der Waals surface area (Å²) in [5.74, 6) is -2.33. The molecule has 0 unspecified atom stereocenters. The molecule has 0 fully saturated rings. The van der Waals surface area contributed by atoms with Crippen molar-refractivity contribution in [3.05, 3.63) is 88.5 Å². The standard InChI is InChI=1S/C25H22F2N2O6/c26-16-3-6-21(20(27)8-16)28-17-4-5-18-22(9-17)35-10-15-2-1-14(7-19(15)23(18)33)24(34)29-25(11-30,12-31)13-32/h1-9,28,30-32H,10-13H2,(H,29,34). The highest BCUT2D eigenvalue weighted by molar-refractivity contribution is 6.13. The zero-order chi connectivity index (χ0) is 25.2. The zero-order valence-electron chi connectivity index (χ0n) is 18.3. The summed E-state index contributed by atoms with van der Waals surface area (Å²) in [6.07, 6.45) is 0. The minimum atomic E-state index is -1.61. The van der Waals surface area contributed by atoms with Crippen LogP contribution in [0.1, 0.15) is 31.8 Å². The summed E-state index contributed by atoms with van der Waals surface area (Å²) in [6, 6.07) is 12.1. The summed E-state index contributed by atoms with van der Waals surface area (Å²) >= 11 is 0.